The predicted octanol–water partition coefficient (Wildman–Crippen LogP) is 7.78. The number of aromatic nitrogens is 1. The van der Waals surface area contributed by atoms with Crippen LogP contribution in [0.1, 0.15) is 46.6 Å². The smallest absolute Gasteiger partial charge is 0.341 e. The summed E-state index contributed by atoms with van der Waals surface area (Å²) in [7, 11) is 0. The molecular formula is C33H30N2O3. The number of fused-ring (bicyclic) bond motifs is 2. The Hall–Kier alpha value is -4.51. The van der Waals surface area contributed by atoms with Crippen LogP contribution in [0.25, 0.3) is 10.9 Å². The van der Waals surface area contributed by atoms with Crippen molar-refractivity contribution >= 4 is 28.2 Å². The molecule has 1 aliphatic heterocycles. The van der Waals surface area contributed by atoms with Crippen LogP contribution >= 0.6 is 0 Å². The first kappa shape index (κ1) is 23.9. The molecule has 0 aliphatic carbocycles. The fourth-order valence-corrected chi connectivity index (χ4v) is 5.58. The summed E-state index contributed by atoms with van der Waals surface area (Å²) >= 11 is 0. The summed E-state index contributed by atoms with van der Waals surface area (Å²) in [6.45, 7) is 8.14. The molecule has 0 saturated heterocycles. The van der Waals surface area contributed by atoms with Crippen LogP contribution in [0, 0.1) is 13.8 Å². The predicted molar refractivity (Wildman–Crippen MR) is 151 cm³/mol. The summed E-state index contributed by atoms with van der Waals surface area (Å²) < 4.78 is 12.5. The van der Waals surface area contributed by atoms with Crippen LogP contribution in [0.15, 0.2) is 97.1 Å². The molecule has 4 aromatic carbocycles. The largest absolute Gasteiger partial charge is 0.491 e. The minimum atomic E-state index is -1.24. The number of hydrogen-bond donors (Lipinski definition) is 1. The molecule has 0 radical (unpaired) electrons. The Morgan fingerprint density at radius 3 is 2.26 bits per heavy atom. The standard InChI is InChI=1S/C33H30N2O3/c1-21(2)37-26-17-15-25(16-18-26)35(24-10-6-5-7-11-24)33(29-13-9-8-12-27(29)32(36)38-33)31-23(4)34-30-19-14-22(3)20-28(30)31/h5-21,34H,1-4H3. The molecule has 0 amide bonds. The average molecular weight is 503 g/mol. The van der Waals surface area contributed by atoms with Gasteiger partial charge in [0.15, 0.2) is 0 Å². The first-order chi connectivity index (χ1) is 18.4. The van der Waals surface area contributed by atoms with Gasteiger partial charge in [0, 0.05) is 33.5 Å². The molecule has 0 saturated carbocycles. The van der Waals surface area contributed by atoms with Crippen LogP contribution in [0.4, 0.5) is 11.4 Å². The van der Waals surface area contributed by atoms with Crippen molar-refractivity contribution in [3.63, 3.8) is 0 Å². The van der Waals surface area contributed by atoms with E-state index in [1.165, 1.54) is 0 Å². The minimum Gasteiger partial charge on any atom is -0.491 e. The van der Waals surface area contributed by atoms with Gasteiger partial charge in [-0.1, -0.05) is 48.0 Å². The second-order valence-corrected chi connectivity index (χ2v) is 10.1. The lowest BCUT2D eigenvalue weighted by molar-refractivity contribution is 0.0137. The quantitative estimate of drug-likeness (QED) is 0.241. The van der Waals surface area contributed by atoms with Crippen molar-refractivity contribution in [2.24, 2.45) is 0 Å². The fourth-order valence-electron chi connectivity index (χ4n) is 5.58. The molecule has 1 atom stereocenters. The molecule has 6 rings (SSSR count). The number of carbonyl (C=O) groups is 1. The number of aromatic amines is 1. The number of benzene rings is 4. The summed E-state index contributed by atoms with van der Waals surface area (Å²) in [5, 5.41) is 1.02. The number of para-hydroxylation sites is 1. The van der Waals surface area contributed by atoms with E-state index in [0.717, 1.165) is 50.4 Å². The Labute approximate surface area is 222 Å². The van der Waals surface area contributed by atoms with Gasteiger partial charge in [0.1, 0.15) is 5.75 Å². The van der Waals surface area contributed by atoms with Crippen molar-refractivity contribution < 1.29 is 14.3 Å². The highest BCUT2D eigenvalue weighted by atomic mass is 16.6. The Morgan fingerprint density at radius 2 is 1.53 bits per heavy atom. The molecule has 190 valence electrons. The first-order valence-corrected chi connectivity index (χ1v) is 12.9. The maximum Gasteiger partial charge on any atom is 0.341 e. The zero-order valence-corrected chi connectivity index (χ0v) is 22.0. The molecule has 2 heterocycles. The van der Waals surface area contributed by atoms with Crippen molar-refractivity contribution in [3.8, 4) is 5.75 Å². The number of nitrogens with zero attached hydrogens (tertiary/aromatic N) is 1. The van der Waals surface area contributed by atoms with Crippen LogP contribution in [0.5, 0.6) is 5.75 Å². The lowest BCUT2D eigenvalue weighted by Gasteiger charge is -2.42. The summed E-state index contributed by atoms with van der Waals surface area (Å²) in [6.07, 6.45) is 0.0668. The van der Waals surface area contributed by atoms with Gasteiger partial charge in [0.25, 0.3) is 0 Å². The number of H-pyrrole nitrogens is 1. The summed E-state index contributed by atoms with van der Waals surface area (Å²) in [5.74, 6) is 0.441. The number of rotatable bonds is 6. The molecule has 0 bridgehead atoms. The molecule has 38 heavy (non-hydrogen) atoms. The summed E-state index contributed by atoms with van der Waals surface area (Å²) in [4.78, 5) is 19.2. The molecular weight excluding hydrogens is 472 g/mol. The number of hydrogen-bond acceptors (Lipinski definition) is 4. The molecule has 5 nitrogen and oxygen atoms in total. The Morgan fingerprint density at radius 1 is 0.842 bits per heavy atom. The van der Waals surface area contributed by atoms with Crippen LogP contribution in [-0.4, -0.2) is 17.1 Å². The molecule has 5 aromatic rings. The van der Waals surface area contributed by atoms with Crippen molar-refractivity contribution in [2.75, 3.05) is 4.90 Å². The molecule has 5 heteroatoms. The fraction of sp³-hybridized carbons (Fsp3) is 0.182. The second kappa shape index (κ2) is 9.10. The lowest BCUT2D eigenvalue weighted by atomic mass is 9.88. The van der Waals surface area contributed by atoms with E-state index in [-0.39, 0.29) is 12.1 Å². The normalized spacial score (nSPS) is 16.5. The Bertz CT molecular complexity index is 1640. The van der Waals surface area contributed by atoms with Crippen LogP contribution in [-0.2, 0) is 10.5 Å². The van der Waals surface area contributed by atoms with Gasteiger partial charge in [-0.2, -0.15) is 0 Å². The van der Waals surface area contributed by atoms with E-state index in [0.29, 0.717) is 5.56 Å². The summed E-state index contributed by atoms with van der Waals surface area (Å²) in [5.41, 5.74) is 5.89. The maximum atomic E-state index is 13.6. The highest BCUT2D eigenvalue weighted by molar-refractivity contribution is 5.99. The third-order valence-corrected chi connectivity index (χ3v) is 7.03. The van der Waals surface area contributed by atoms with Crippen molar-refractivity contribution in [1.82, 2.24) is 4.98 Å². The number of anilines is 2. The highest BCUT2D eigenvalue weighted by Gasteiger charge is 2.54. The van der Waals surface area contributed by atoms with Crippen LogP contribution < -0.4 is 9.64 Å². The lowest BCUT2D eigenvalue weighted by Crippen LogP contribution is -2.45. The van der Waals surface area contributed by atoms with E-state index in [9.17, 15) is 4.79 Å². The monoisotopic (exact) mass is 502 g/mol. The zero-order valence-electron chi connectivity index (χ0n) is 22.0. The van der Waals surface area contributed by atoms with Crippen LogP contribution in [0.2, 0.25) is 0 Å². The number of aryl methyl sites for hydroxylation is 2. The molecule has 0 fully saturated rings. The number of cyclic esters (lactones) is 1. The minimum absolute atomic E-state index is 0.0668. The molecule has 1 N–H and O–H groups in total. The van der Waals surface area contributed by atoms with Gasteiger partial charge >= 0.3 is 5.97 Å². The average Bonchev–Trinajstić information content (AvgIpc) is 3.39. The van der Waals surface area contributed by atoms with E-state index in [1.807, 2.05) is 99.6 Å². The molecule has 1 aliphatic rings. The van der Waals surface area contributed by atoms with Gasteiger partial charge in [0.2, 0.25) is 5.72 Å². The third kappa shape index (κ3) is 3.74. The molecule has 0 spiro atoms. The number of nitrogens with one attached hydrogen (secondary N) is 1. The van der Waals surface area contributed by atoms with Gasteiger partial charge in [-0.3, -0.25) is 4.90 Å². The molecule has 1 unspecified atom stereocenters. The van der Waals surface area contributed by atoms with Crippen molar-refractivity contribution in [2.45, 2.75) is 39.5 Å². The zero-order chi connectivity index (χ0) is 26.4. The first-order valence-electron chi connectivity index (χ1n) is 12.9. The van der Waals surface area contributed by atoms with Gasteiger partial charge in [-0.25, -0.2) is 4.79 Å². The maximum absolute atomic E-state index is 13.6. The van der Waals surface area contributed by atoms with Gasteiger partial charge < -0.3 is 14.5 Å². The van der Waals surface area contributed by atoms with E-state index >= 15 is 0 Å². The second-order valence-electron chi connectivity index (χ2n) is 10.1. The van der Waals surface area contributed by atoms with E-state index in [1.54, 1.807) is 0 Å². The third-order valence-electron chi connectivity index (χ3n) is 7.03. The SMILES string of the molecule is Cc1ccc2[nH]c(C)c(C3(N(c4ccccc4)c4ccc(OC(C)C)cc4)OC(=O)c4ccccc43)c2c1. The van der Waals surface area contributed by atoms with Crippen molar-refractivity contribution in [1.29, 1.82) is 0 Å². The number of ether oxygens (including phenoxy) is 2. The Balaban J connectivity index is 1.70. The van der Waals surface area contributed by atoms with E-state index < -0.39 is 5.72 Å². The topological polar surface area (TPSA) is 54.6 Å². The van der Waals surface area contributed by atoms with Gasteiger partial charge in [-0.05, 0) is 82.3 Å². The van der Waals surface area contributed by atoms with E-state index in [4.69, 9.17) is 9.47 Å². The van der Waals surface area contributed by atoms with Crippen molar-refractivity contribution in [3.05, 3.63) is 125 Å². The Kier molecular flexibility index (Phi) is 5.72. The summed E-state index contributed by atoms with van der Waals surface area (Å²) in [6, 6.07) is 32.1. The van der Waals surface area contributed by atoms with E-state index in [2.05, 4.69) is 35.0 Å². The van der Waals surface area contributed by atoms with Gasteiger partial charge in [-0.15, -0.1) is 0 Å². The van der Waals surface area contributed by atoms with Crippen LogP contribution in [0.3, 0.4) is 0 Å². The molecule has 1 aromatic heterocycles. The highest BCUT2D eigenvalue weighted by Crippen LogP contribution is 2.52. The van der Waals surface area contributed by atoms with Gasteiger partial charge in [0.05, 0.1) is 17.2 Å². The number of esters is 1. The number of carbonyl (C=O) groups excluding carboxylic acids is 1.